The standard InChI is InChI=1S/C14H18N2O/c1-10-4-2-5-11(8-10)14(17)16-13-7-3-6-12(15)9-13/h1-2,4-5,8,12-13H,3,6-7,9,15H2,(H,16,17). The van der Waals surface area contributed by atoms with Gasteiger partial charge in [0.25, 0.3) is 5.91 Å². The summed E-state index contributed by atoms with van der Waals surface area (Å²) in [5.41, 5.74) is 7.12. The second-order valence-corrected chi connectivity index (χ2v) is 4.72. The van der Waals surface area contributed by atoms with E-state index in [1.807, 2.05) is 0 Å². The second kappa shape index (κ2) is 5.32. The third-order valence-electron chi connectivity index (χ3n) is 3.20. The summed E-state index contributed by atoms with van der Waals surface area (Å²) in [5.74, 6) is -0.0589. The predicted molar refractivity (Wildman–Crippen MR) is 67.5 cm³/mol. The van der Waals surface area contributed by atoms with Crippen LogP contribution in [0.4, 0.5) is 0 Å². The Morgan fingerprint density at radius 1 is 1.41 bits per heavy atom. The molecule has 1 aromatic carbocycles. The summed E-state index contributed by atoms with van der Waals surface area (Å²) in [6.07, 6.45) is 4.03. The van der Waals surface area contributed by atoms with E-state index in [-0.39, 0.29) is 18.0 Å². The van der Waals surface area contributed by atoms with Gasteiger partial charge >= 0.3 is 0 Å². The lowest BCUT2D eigenvalue weighted by Crippen LogP contribution is -2.42. The maximum absolute atomic E-state index is 12.0. The second-order valence-electron chi connectivity index (χ2n) is 4.72. The van der Waals surface area contributed by atoms with Crippen molar-refractivity contribution in [1.82, 2.24) is 5.32 Å². The molecule has 2 unspecified atom stereocenters. The number of carbonyl (C=O) groups is 1. The Morgan fingerprint density at radius 3 is 2.94 bits per heavy atom. The molecule has 0 bridgehead atoms. The van der Waals surface area contributed by atoms with Crippen LogP contribution in [0, 0.1) is 6.92 Å². The highest BCUT2D eigenvalue weighted by molar-refractivity contribution is 5.94. The summed E-state index contributed by atoms with van der Waals surface area (Å²) in [6, 6.07) is 7.44. The molecule has 17 heavy (non-hydrogen) atoms. The average molecular weight is 230 g/mol. The number of nitrogens with one attached hydrogen (secondary N) is 1. The molecule has 1 saturated carbocycles. The van der Waals surface area contributed by atoms with Gasteiger partial charge in [-0.05, 0) is 50.3 Å². The van der Waals surface area contributed by atoms with Crippen LogP contribution < -0.4 is 11.1 Å². The minimum atomic E-state index is -0.0589. The van der Waals surface area contributed by atoms with Gasteiger partial charge in [0.05, 0.1) is 0 Å². The SMILES string of the molecule is [CH]c1cccc(C(=O)NC2CCCC(N)C2)c1. The van der Waals surface area contributed by atoms with E-state index in [0.717, 1.165) is 25.7 Å². The smallest absolute Gasteiger partial charge is 0.251 e. The number of nitrogens with two attached hydrogens (primary N) is 1. The summed E-state index contributed by atoms with van der Waals surface area (Å²) >= 11 is 0. The lowest BCUT2D eigenvalue weighted by Gasteiger charge is -2.27. The first-order chi connectivity index (χ1) is 8.15. The van der Waals surface area contributed by atoms with Crippen molar-refractivity contribution in [3.8, 4) is 0 Å². The van der Waals surface area contributed by atoms with Crippen LogP contribution in [0.25, 0.3) is 0 Å². The van der Waals surface area contributed by atoms with Gasteiger partial charge < -0.3 is 11.1 Å². The molecule has 0 aliphatic heterocycles. The summed E-state index contributed by atoms with van der Waals surface area (Å²) < 4.78 is 0. The molecule has 2 rings (SSSR count). The Kier molecular flexibility index (Phi) is 3.79. The predicted octanol–water partition coefficient (Wildman–Crippen LogP) is 1.75. The van der Waals surface area contributed by atoms with Crippen molar-refractivity contribution in [2.75, 3.05) is 0 Å². The molecule has 1 aliphatic rings. The fourth-order valence-electron chi connectivity index (χ4n) is 2.31. The van der Waals surface area contributed by atoms with Gasteiger partial charge in [-0.25, -0.2) is 0 Å². The van der Waals surface area contributed by atoms with Crippen molar-refractivity contribution in [3.05, 3.63) is 42.3 Å². The number of hydrogen-bond donors (Lipinski definition) is 2. The Morgan fingerprint density at radius 2 is 2.24 bits per heavy atom. The minimum Gasteiger partial charge on any atom is -0.349 e. The number of rotatable bonds is 2. The van der Waals surface area contributed by atoms with Crippen molar-refractivity contribution in [1.29, 1.82) is 0 Å². The zero-order valence-electron chi connectivity index (χ0n) is 9.86. The van der Waals surface area contributed by atoms with Crippen LogP contribution in [0.5, 0.6) is 0 Å². The minimum absolute atomic E-state index is 0.0589. The lowest BCUT2D eigenvalue weighted by molar-refractivity contribution is 0.0925. The zero-order valence-corrected chi connectivity index (χ0v) is 9.86. The molecule has 1 fully saturated rings. The molecule has 1 amide bonds. The molecule has 90 valence electrons. The topological polar surface area (TPSA) is 55.1 Å². The summed E-state index contributed by atoms with van der Waals surface area (Å²) in [5, 5.41) is 3.02. The van der Waals surface area contributed by atoms with Gasteiger partial charge in [0, 0.05) is 17.6 Å². The number of amides is 1. The largest absolute Gasteiger partial charge is 0.349 e. The van der Waals surface area contributed by atoms with Gasteiger partial charge in [0.2, 0.25) is 0 Å². The number of carbonyl (C=O) groups excluding carboxylic acids is 1. The molecule has 3 heteroatoms. The van der Waals surface area contributed by atoms with Crippen LogP contribution >= 0.6 is 0 Å². The van der Waals surface area contributed by atoms with Gasteiger partial charge in [0.15, 0.2) is 0 Å². The highest BCUT2D eigenvalue weighted by Crippen LogP contribution is 2.17. The summed E-state index contributed by atoms with van der Waals surface area (Å²) in [6.45, 7) is 5.65. The van der Waals surface area contributed by atoms with Crippen molar-refractivity contribution in [2.24, 2.45) is 5.73 Å². The van der Waals surface area contributed by atoms with E-state index in [1.165, 1.54) is 0 Å². The van der Waals surface area contributed by atoms with Gasteiger partial charge in [-0.15, -0.1) is 0 Å². The van der Waals surface area contributed by atoms with Crippen molar-refractivity contribution >= 4 is 5.91 Å². The molecule has 3 nitrogen and oxygen atoms in total. The molecule has 0 spiro atoms. The molecule has 1 aliphatic carbocycles. The maximum Gasteiger partial charge on any atom is 0.251 e. The lowest BCUT2D eigenvalue weighted by atomic mass is 9.91. The molecule has 2 radical (unpaired) electrons. The fraction of sp³-hybridized carbons (Fsp3) is 0.429. The third-order valence-corrected chi connectivity index (χ3v) is 3.20. The van der Waals surface area contributed by atoms with Gasteiger partial charge in [-0.2, -0.15) is 0 Å². The first-order valence-corrected chi connectivity index (χ1v) is 6.07. The van der Waals surface area contributed by atoms with Crippen molar-refractivity contribution in [3.63, 3.8) is 0 Å². The Labute approximate surface area is 102 Å². The molecule has 3 N–H and O–H groups in total. The van der Waals surface area contributed by atoms with Gasteiger partial charge in [-0.1, -0.05) is 12.1 Å². The van der Waals surface area contributed by atoms with Gasteiger partial charge in [-0.3, -0.25) is 4.79 Å². The van der Waals surface area contributed by atoms with Crippen LogP contribution in [0.1, 0.15) is 41.6 Å². The summed E-state index contributed by atoms with van der Waals surface area (Å²) in [4.78, 5) is 12.0. The van der Waals surface area contributed by atoms with Gasteiger partial charge in [0.1, 0.15) is 0 Å². The number of benzene rings is 1. The maximum atomic E-state index is 12.0. The Hall–Kier alpha value is -1.35. The molecule has 0 saturated heterocycles. The highest BCUT2D eigenvalue weighted by atomic mass is 16.1. The van der Waals surface area contributed by atoms with Crippen LogP contribution in [0.2, 0.25) is 0 Å². The van der Waals surface area contributed by atoms with E-state index < -0.39 is 0 Å². The Balaban J connectivity index is 1.97. The fourth-order valence-corrected chi connectivity index (χ4v) is 2.31. The van der Waals surface area contributed by atoms with Crippen LogP contribution in [-0.2, 0) is 0 Å². The van der Waals surface area contributed by atoms with E-state index in [0.29, 0.717) is 11.1 Å². The normalized spacial score (nSPS) is 24.4. The summed E-state index contributed by atoms with van der Waals surface area (Å²) in [7, 11) is 0. The zero-order chi connectivity index (χ0) is 12.3. The first kappa shape index (κ1) is 12.1. The van der Waals surface area contributed by atoms with Crippen LogP contribution in [0.15, 0.2) is 24.3 Å². The quantitative estimate of drug-likeness (QED) is 0.813. The van der Waals surface area contributed by atoms with Crippen LogP contribution in [0.3, 0.4) is 0 Å². The molecular formula is C14H18N2O. The van der Waals surface area contributed by atoms with E-state index in [9.17, 15) is 4.79 Å². The Bertz CT molecular complexity index is 403. The van der Waals surface area contributed by atoms with E-state index >= 15 is 0 Å². The number of hydrogen-bond acceptors (Lipinski definition) is 2. The highest BCUT2D eigenvalue weighted by Gasteiger charge is 2.21. The third kappa shape index (κ3) is 3.30. The monoisotopic (exact) mass is 230 g/mol. The van der Waals surface area contributed by atoms with E-state index in [2.05, 4.69) is 5.32 Å². The van der Waals surface area contributed by atoms with Crippen LogP contribution in [-0.4, -0.2) is 18.0 Å². The average Bonchev–Trinajstić information content (AvgIpc) is 2.29. The van der Waals surface area contributed by atoms with Crippen molar-refractivity contribution < 1.29 is 4.79 Å². The molecule has 2 atom stereocenters. The molecule has 1 aromatic rings. The van der Waals surface area contributed by atoms with E-state index in [1.54, 1.807) is 24.3 Å². The first-order valence-electron chi connectivity index (χ1n) is 6.07. The van der Waals surface area contributed by atoms with E-state index in [4.69, 9.17) is 12.7 Å². The molecular weight excluding hydrogens is 212 g/mol. The molecule has 0 aromatic heterocycles. The van der Waals surface area contributed by atoms with Crippen molar-refractivity contribution in [2.45, 2.75) is 37.8 Å². The molecule has 0 heterocycles.